The number of hydrogen-bond acceptors (Lipinski definition) is 4. The average Bonchev–Trinajstić information content (AvgIpc) is 2.89. The van der Waals surface area contributed by atoms with Gasteiger partial charge in [-0.1, -0.05) is 25.1 Å². The number of rotatable bonds is 1. The molecule has 4 nitrogen and oxygen atoms in total. The lowest BCUT2D eigenvalue weighted by Crippen LogP contribution is -2.74. The van der Waals surface area contributed by atoms with E-state index in [-0.39, 0.29) is 34.9 Å². The lowest BCUT2D eigenvalue weighted by Gasteiger charge is -2.65. The molecule has 1 spiro atoms. The summed E-state index contributed by atoms with van der Waals surface area (Å²) in [6.45, 7) is 2.21. The van der Waals surface area contributed by atoms with Crippen molar-refractivity contribution in [3.8, 4) is 0 Å². The van der Waals surface area contributed by atoms with Crippen LogP contribution in [0.3, 0.4) is 0 Å². The van der Waals surface area contributed by atoms with Gasteiger partial charge in [0.2, 0.25) is 0 Å². The largest absolute Gasteiger partial charge is 0.461 e. The highest BCUT2D eigenvalue weighted by Crippen LogP contribution is 2.68. The second-order valence-corrected chi connectivity index (χ2v) is 7.69. The van der Waals surface area contributed by atoms with Crippen molar-refractivity contribution in [2.24, 2.45) is 27.2 Å². The first-order chi connectivity index (χ1) is 11.2. The Balaban J connectivity index is 1.70. The van der Waals surface area contributed by atoms with Crippen molar-refractivity contribution >= 4 is 23.6 Å². The fraction of sp³-hybridized carbons (Fsp3) is 0.526. The van der Waals surface area contributed by atoms with Crippen LogP contribution in [0.15, 0.2) is 34.3 Å². The molecule has 116 valence electrons. The van der Waals surface area contributed by atoms with Gasteiger partial charge in [0.1, 0.15) is 6.10 Å². The molecule has 1 aromatic carbocycles. The fourth-order valence-electron chi connectivity index (χ4n) is 6.29. The lowest BCUT2D eigenvalue weighted by atomic mass is 9.41. The van der Waals surface area contributed by atoms with Crippen molar-refractivity contribution in [1.82, 2.24) is 0 Å². The van der Waals surface area contributed by atoms with Crippen LogP contribution in [0.4, 0.5) is 5.69 Å². The lowest BCUT2D eigenvalue weighted by molar-refractivity contribution is -0.206. The van der Waals surface area contributed by atoms with Gasteiger partial charge < -0.3 is 4.74 Å². The quantitative estimate of drug-likeness (QED) is 0.749. The summed E-state index contributed by atoms with van der Waals surface area (Å²) < 4.78 is 5.88. The molecular weight excluding hydrogens is 288 g/mol. The van der Waals surface area contributed by atoms with Crippen LogP contribution in [0, 0.1) is 17.3 Å². The Morgan fingerprint density at radius 2 is 2.22 bits per heavy atom. The van der Waals surface area contributed by atoms with Crippen LogP contribution in [-0.2, 0) is 14.9 Å². The maximum Gasteiger partial charge on any atom is 0.310 e. The van der Waals surface area contributed by atoms with Gasteiger partial charge in [0.25, 0.3) is 0 Å². The molecule has 1 aromatic rings. The van der Waals surface area contributed by atoms with E-state index >= 15 is 0 Å². The van der Waals surface area contributed by atoms with Crippen LogP contribution in [0.5, 0.6) is 0 Å². The summed E-state index contributed by atoms with van der Waals surface area (Å²) in [7, 11) is 0. The Bertz CT molecular complexity index is 828. The minimum absolute atomic E-state index is 0.00604. The second kappa shape index (κ2) is 3.58. The van der Waals surface area contributed by atoms with Crippen LogP contribution in [-0.4, -0.2) is 30.0 Å². The normalized spacial score (nSPS) is 47.2. The maximum absolute atomic E-state index is 12.8. The summed E-state index contributed by atoms with van der Waals surface area (Å²) in [5, 5.41) is 0. The Labute approximate surface area is 134 Å². The zero-order valence-electron chi connectivity index (χ0n) is 13.0. The molecule has 0 amide bonds. The van der Waals surface area contributed by atoms with Crippen molar-refractivity contribution in [3.63, 3.8) is 0 Å². The second-order valence-electron chi connectivity index (χ2n) is 7.69. The minimum atomic E-state index is -0.249. The van der Waals surface area contributed by atoms with Gasteiger partial charge >= 0.3 is 5.97 Å². The van der Waals surface area contributed by atoms with Crippen LogP contribution in [0.2, 0.25) is 0 Å². The first-order valence-corrected chi connectivity index (χ1v) is 8.64. The van der Waals surface area contributed by atoms with Crippen molar-refractivity contribution in [2.45, 2.75) is 43.7 Å². The van der Waals surface area contributed by atoms with Gasteiger partial charge in [-0.2, -0.15) is 0 Å². The number of ether oxygens (including phenoxy) is 1. The molecule has 4 aliphatic heterocycles. The van der Waals surface area contributed by atoms with E-state index < -0.39 is 0 Å². The van der Waals surface area contributed by atoms with Crippen LogP contribution < -0.4 is 0 Å². The number of fused-ring (bicyclic) bond motifs is 4. The Morgan fingerprint density at radius 3 is 3.09 bits per heavy atom. The Kier molecular flexibility index (Phi) is 1.94. The standard InChI is InChI=1S/C19H18N2O2/c1-2-18-9-20-13-7-11(18)15-17(22)23-14(18)8-19(15)10-5-3-4-6-12(10)21-16(13)19/h3-6,9,11,13-15H,2,7-8H2,1H3/t11-,13?,14+,15+,18-,19+/m1/s1. The first kappa shape index (κ1) is 12.5. The predicted molar refractivity (Wildman–Crippen MR) is 86.3 cm³/mol. The van der Waals surface area contributed by atoms with Crippen LogP contribution in [0.25, 0.3) is 0 Å². The van der Waals surface area contributed by atoms with Gasteiger partial charge in [0, 0.05) is 18.1 Å². The number of carbonyl (C=O) groups excluding carboxylic acids is 1. The van der Waals surface area contributed by atoms with Gasteiger partial charge in [0.05, 0.1) is 28.8 Å². The third-order valence-electron chi connectivity index (χ3n) is 7.23. The summed E-state index contributed by atoms with van der Waals surface area (Å²) >= 11 is 0. The molecule has 0 N–H and O–H groups in total. The Hall–Kier alpha value is -1.97. The van der Waals surface area contributed by atoms with E-state index in [4.69, 9.17) is 14.7 Å². The maximum atomic E-state index is 12.8. The summed E-state index contributed by atoms with van der Waals surface area (Å²) in [5.74, 6) is 0.256. The molecule has 0 radical (unpaired) electrons. The molecule has 2 aliphatic carbocycles. The molecule has 6 atom stereocenters. The average molecular weight is 306 g/mol. The summed E-state index contributed by atoms with van der Waals surface area (Å²) in [5.41, 5.74) is 3.09. The number of carbonyl (C=O) groups is 1. The van der Waals surface area contributed by atoms with Crippen molar-refractivity contribution < 1.29 is 9.53 Å². The van der Waals surface area contributed by atoms with Crippen molar-refractivity contribution in [2.75, 3.05) is 0 Å². The molecule has 0 aromatic heterocycles. The van der Waals surface area contributed by atoms with Gasteiger partial charge in [-0.3, -0.25) is 14.8 Å². The monoisotopic (exact) mass is 306 g/mol. The van der Waals surface area contributed by atoms with Crippen molar-refractivity contribution in [1.29, 1.82) is 0 Å². The summed E-state index contributed by atoms with van der Waals surface area (Å²) in [6, 6.07) is 8.49. The SMILES string of the molecule is CC[C@@]12C=NC3C[C@@H]1[C@H]1C(=O)O[C@H]2C[C@@]12C3=Nc1ccccc12. The number of para-hydroxylation sites is 1. The molecule has 7 rings (SSSR count). The highest BCUT2D eigenvalue weighted by atomic mass is 16.5. The molecular formula is C19H18N2O2. The minimum Gasteiger partial charge on any atom is -0.461 e. The predicted octanol–water partition coefficient (Wildman–Crippen LogP) is 2.83. The van der Waals surface area contributed by atoms with E-state index in [0.717, 1.165) is 30.7 Å². The molecule has 5 bridgehead atoms. The number of esters is 1. The molecule has 4 heterocycles. The zero-order valence-corrected chi connectivity index (χ0v) is 13.0. The van der Waals surface area contributed by atoms with E-state index in [1.165, 1.54) is 5.56 Å². The summed E-state index contributed by atoms with van der Waals surface area (Å²) in [6.07, 6.45) is 4.90. The van der Waals surface area contributed by atoms with Gasteiger partial charge in [-0.05, 0) is 30.4 Å². The third kappa shape index (κ3) is 1.10. The van der Waals surface area contributed by atoms with Gasteiger partial charge in [-0.15, -0.1) is 0 Å². The molecule has 4 heteroatoms. The molecule has 4 fully saturated rings. The number of nitrogens with zero attached hydrogens (tertiary/aromatic N) is 2. The van der Waals surface area contributed by atoms with E-state index in [1.807, 2.05) is 6.07 Å². The molecule has 2 saturated heterocycles. The summed E-state index contributed by atoms with van der Waals surface area (Å²) in [4.78, 5) is 22.7. The highest BCUT2D eigenvalue weighted by molar-refractivity contribution is 6.11. The van der Waals surface area contributed by atoms with Gasteiger partial charge in [0.15, 0.2) is 0 Å². The van der Waals surface area contributed by atoms with E-state index in [2.05, 4.69) is 31.3 Å². The number of benzene rings is 1. The Morgan fingerprint density at radius 1 is 1.35 bits per heavy atom. The van der Waals surface area contributed by atoms with E-state index in [0.29, 0.717) is 5.92 Å². The zero-order chi connectivity index (χ0) is 15.4. The molecule has 23 heavy (non-hydrogen) atoms. The highest BCUT2D eigenvalue weighted by Gasteiger charge is 2.74. The number of hydrogen-bond donors (Lipinski definition) is 0. The van der Waals surface area contributed by atoms with Crippen LogP contribution in [0.1, 0.15) is 31.7 Å². The first-order valence-electron chi connectivity index (χ1n) is 8.64. The number of aliphatic imine (C=N–C) groups is 2. The van der Waals surface area contributed by atoms with Crippen molar-refractivity contribution in [3.05, 3.63) is 29.8 Å². The topological polar surface area (TPSA) is 51.0 Å². The fourth-order valence-corrected chi connectivity index (χ4v) is 6.29. The van der Waals surface area contributed by atoms with Crippen LogP contribution >= 0.6 is 0 Å². The van der Waals surface area contributed by atoms with Gasteiger partial charge in [-0.25, -0.2) is 0 Å². The third-order valence-corrected chi connectivity index (χ3v) is 7.23. The van der Waals surface area contributed by atoms with E-state index in [1.54, 1.807) is 0 Å². The smallest absolute Gasteiger partial charge is 0.310 e. The molecule has 1 unspecified atom stereocenters. The molecule has 2 saturated carbocycles. The van der Waals surface area contributed by atoms with E-state index in [9.17, 15) is 4.79 Å². The molecule has 6 aliphatic rings.